The molecule has 4 heterocycles. The molecule has 11 heteroatoms. The van der Waals surface area contributed by atoms with E-state index >= 15 is 0 Å². The second kappa shape index (κ2) is 12.0. The van der Waals surface area contributed by atoms with E-state index in [2.05, 4.69) is 46.5 Å². The van der Waals surface area contributed by atoms with Gasteiger partial charge in [0.1, 0.15) is 0 Å². The third-order valence-electron chi connectivity index (χ3n) is 8.66. The maximum absolute atomic E-state index is 13.7. The highest BCUT2D eigenvalue weighted by Crippen LogP contribution is 2.58. The Balaban J connectivity index is 0.000000505. The number of hydrogen-bond donors (Lipinski definition) is 1. The van der Waals surface area contributed by atoms with E-state index in [0.717, 1.165) is 77.9 Å². The van der Waals surface area contributed by atoms with E-state index in [-0.39, 0.29) is 16.7 Å². The summed E-state index contributed by atoms with van der Waals surface area (Å²) in [4.78, 5) is 46.4. The molecule has 212 valence electrons. The summed E-state index contributed by atoms with van der Waals surface area (Å²) in [6, 6.07) is 4.11. The lowest BCUT2D eigenvalue weighted by molar-refractivity contribution is -0.192. The number of pyridine rings is 1. The van der Waals surface area contributed by atoms with E-state index < -0.39 is 12.1 Å². The largest absolute Gasteiger partial charge is 0.490 e. The van der Waals surface area contributed by atoms with Crippen molar-refractivity contribution >= 4 is 17.8 Å². The molecule has 3 saturated heterocycles. The number of hydrogen-bond acceptors (Lipinski definition) is 5. The second-order valence-corrected chi connectivity index (χ2v) is 10.6. The third-order valence-corrected chi connectivity index (χ3v) is 8.66. The first kappa shape index (κ1) is 29.9. The molecular formula is C27H39F3N4O4. The summed E-state index contributed by atoms with van der Waals surface area (Å²) in [6.07, 6.45) is 3.29. The number of aromatic nitrogens is 1. The average Bonchev–Trinajstić information content (AvgIpc) is 3.37. The van der Waals surface area contributed by atoms with E-state index in [1.807, 2.05) is 18.5 Å². The molecule has 8 nitrogen and oxygen atoms in total. The Morgan fingerprint density at radius 1 is 1.08 bits per heavy atom. The molecule has 0 radical (unpaired) electrons. The van der Waals surface area contributed by atoms with Gasteiger partial charge < -0.3 is 14.9 Å². The van der Waals surface area contributed by atoms with Crippen molar-refractivity contribution < 1.29 is 32.7 Å². The lowest BCUT2D eigenvalue weighted by atomic mass is 9.60. The number of carboxylic acid groups (broad SMARTS) is 1. The van der Waals surface area contributed by atoms with Gasteiger partial charge >= 0.3 is 12.1 Å². The number of piperidine rings is 1. The number of alkyl halides is 3. The highest BCUT2D eigenvalue weighted by Gasteiger charge is 2.65. The molecule has 0 aliphatic carbocycles. The van der Waals surface area contributed by atoms with Crippen molar-refractivity contribution in [3.05, 3.63) is 30.1 Å². The van der Waals surface area contributed by atoms with Crippen LogP contribution >= 0.6 is 0 Å². The van der Waals surface area contributed by atoms with Crippen LogP contribution in [0.2, 0.25) is 0 Å². The van der Waals surface area contributed by atoms with Crippen LogP contribution in [0.1, 0.15) is 58.4 Å². The van der Waals surface area contributed by atoms with Crippen molar-refractivity contribution in [1.29, 1.82) is 0 Å². The quantitative estimate of drug-likeness (QED) is 0.590. The fourth-order valence-electron chi connectivity index (χ4n) is 6.51. The van der Waals surface area contributed by atoms with Crippen molar-refractivity contribution in [3.8, 4) is 0 Å². The molecule has 1 atom stereocenters. The van der Waals surface area contributed by atoms with Crippen LogP contribution in [0.4, 0.5) is 13.2 Å². The Hall–Kier alpha value is -2.69. The lowest BCUT2D eigenvalue weighted by Crippen LogP contribution is -2.54. The minimum absolute atomic E-state index is 0.0269. The van der Waals surface area contributed by atoms with E-state index in [9.17, 15) is 22.8 Å². The van der Waals surface area contributed by atoms with Crippen molar-refractivity contribution in [2.75, 3.05) is 39.3 Å². The molecule has 3 aliphatic heterocycles. The molecule has 0 bridgehead atoms. The number of halogens is 3. The number of carboxylic acids is 1. The average molecular weight is 541 g/mol. The first-order chi connectivity index (χ1) is 17.9. The first-order valence-electron chi connectivity index (χ1n) is 13.4. The van der Waals surface area contributed by atoms with Crippen LogP contribution in [0, 0.1) is 16.7 Å². The topological polar surface area (TPSA) is 94.1 Å². The van der Waals surface area contributed by atoms with Crippen molar-refractivity contribution in [3.63, 3.8) is 0 Å². The van der Waals surface area contributed by atoms with Gasteiger partial charge in [-0.25, -0.2) is 4.79 Å². The zero-order valence-electron chi connectivity index (χ0n) is 22.5. The number of aliphatic carboxylic acids is 1. The highest BCUT2D eigenvalue weighted by atomic mass is 19.4. The summed E-state index contributed by atoms with van der Waals surface area (Å²) in [7, 11) is 0. The van der Waals surface area contributed by atoms with Gasteiger partial charge in [0.2, 0.25) is 11.8 Å². The molecule has 1 unspecified atom stereocenters. The van der Waals surface area contributed by atoms with E-state index in [1.54, 1.807) is 0 Å². The number of carbonyl (C=O) groups excluding carboxylic acids is 2. The predicted octanol–water partition coefficient (Wildman–Crippen LogP) is 3.81. The van der Waals surface area contributed by atoms with Gasteiger partial charge in [0.25, 0.3) is 0 Å². The van der Waals surface area contributed by atoms with Gasteiger partial charge in [0.15, 0.2) is 0 Å². The number of likely N-dealkylation sites (tertiary alicyclic amines) is 3. The summed E-state index contributed by atoms with van der Waals surface area (Å²) in [6.45, 7) is 12.2. The summed E-state index contributed by atoms with van der Waals surface area (Å²) in [5.74, 6) is -1.96. The van der Waals surface area contributed by atoms with Gasteiger partial charge in [-0.1, -0.05) is 19.9 Å². The van der Waals surface area contributed by atoms with E-state index in [4.69, 9.17) is 9.90 Å². The van der Waals surface area contributed by atoms with Gasteiger partial charge in [0.05, 0.1) is 5.41 Å². The number of fused-ring (bicyclic) bond motifs is 1. The maximum Gasteiger partial charge on any atom is 0.490 e. The Morgan fingerprint density at radius 2 is 1.71 bits per heavy atom. The molecule has 38 heavy (non-hydrogen) atoms. The third kappa shape index (κ3) is 5.97. The van der Waals surface area contributed by atoms with Crippen molar-refractivity contribution in [2.24, 2.45) is 16.7 Å². The molecule has 1 N–H and O–H groups in total. The lowest BCUT2D eigenvalue weighted by Gasteiger charge is -2.47. The zero-order valence-corrected chi connectivity index (χ0v) is 22.5. The van der Waals surface area contributed by atoms with Crippen LogP contribution < -0.4 is 0 Å². The fourth-order valence-corrected chi connectivity index (χ4v) is 6.51. The molecular weight excluding hydrogens is 501 g/mol. The van der Waals surface area contributed by atoms with E-state index in [1.165, 1.54) is 5.56 Å². The van der Waals surface area contributed by atoms with Crippen LogP contribution in [0.15, 0.2) is 24.5 Å². The monoisotopic (exact) mass is 540 g/mol. The summed E-state index contributed by atoms with van der Waals surface area (Å²) in [5.41, 5.74) is 0.879. The SMILES string of the molecule is CCC(CC)C(=O)N1CCC2(CC1)CN(Cc1cccnc1)CC21CCN(CC)C1=O.O=C(O)C(F)(F)F. The Kier molecular flexibility index (Phi) is 9.43. The molecule has 3 fully saturated rings. The molecule has 2 amide bonds. The number of carbonyl (C=O) groups is 3. The number of rotatable bonds is 6. The second-order valence-electron chi connectivity index (χ2n) is 10.6. The molecule has 3 aliphatic rings. The number of nitrogens with zero attached hydrogens (tertiary/aromatic N) is 4. The predicted molar refractivity (Wildman–Crippen MR) is 135 cm³/mol. The zero-order chi connectivity index (χ0) is 28.1. The number of amides is 2. The van der Waals surface area contributed by atoms with Gasteiger partial charge in [-0.2, -0.15) is 13.2 Å². The molecule has 2 spiro atoms. The van der Waals surface area contributed by atoms with E-state index in [0.29, 0.717) is 11.8 Å². The van der Waals surface area contributed by atoms with Crippen LogP contribution in [-0.2, 0) is 20.9 Å². The van der Waals surface area contributed by atoms with Gasteiger partial charge in [-0.15, -0.1) is 0 Å². The Morgan fingerprint density at radius 3 is 2.18 bits per heavy atom. The molecule has 4 rings (SSSR count). The Bertz CT molecular complexity index is 978. The fraction of sp³-hybridized carbons (Fsp3) is 0.704. The standard InChI is InChI=1S/C25H38N4O2.C2HF3O2/c1-4-21(5-2)22(30)29-13-9-24(10-14-29)18-27(17-20-8-7-12-26-16-20)19-25(24)11-15-28(6-3)23(25)31;3-2(4,5)1(6)7/h7-8,12,16,21H,4-6,9-11,13-15,17-19H2,1-3H3;(H,6,7). The molecule has 0 aromatic carbocycles. The van der Waals surface area contributed by atoms with Gasteiger partial charge in [0, 0.05) is 69.5 Å². The van der Waals surface area contributed by atoms with Gasteiger partial charge in [-0.3, -0.25) is 19.5 Å². The highest BCUT2D eigenvalue weighted by molar-refractivity contribution is 5.87. The molecule has 1 aromatic rings. The van der Waals surface area contributed by atoms with Crippen LogP contribution in [0.5, 0.6) is 0 Å². The summed E-state index contributed by atoms with van der Waals surface area (Å²) in [5, 5.41) is 7.12. The minimum atomic E-state index is -5.08. The van der Waals surface area contributed by atoms with Crippen molar-refractivity contribution in [2.45, 2.75) is 65.6 Å². The van der Waals surface area contributed by atoms with Crippen molar-refractivity contribution in [1.82, 2.24) is 19.7 Å². The van der Waals surface area contributed by atoms with Crippen LogP contribution in [0.3, 0.4) is 0 Å². The first-order valence-corrected chi connectivity index (χ1v) is 13.4. The molecule has 1 aromatic heterocycles. The Labute approximate surface area is 222 Å². The summed E-state index contributed by atoms with van der Waals surface area (Å²) >= 11 is 0. The summed E-state index contributed by atoms with van der Waals surface area (Å²) < 4.78 is 31.7. The maximum atomic E-state index is 13.7. The smallest absolute Gasteiger partial charge is 0.475 e. The van der Waals surface area contributed by atoms with Gasteiger partial charge in [-0.05, 0) is 50.7 Å². The van der Waals surface area contributed by atoms with Crippen LogP contribution in [0.25, 0.3) is 0 Å². The molecule has 0 saturated carbocycles. The van der Waals surface area contributed by atoms with Crippen LogP contribution in [-0.4, -0.2) is 88.0 Å². The normalized spacial score (nSPS) is 23.3. The minimum Gasteiger partial charge on any atom is -0.475 e.